The SMILES string of the molecule is CC(CN(C)c1nnnn1C1CC=CC1)C(=O)OC(C)(C)C. The smallest absolute Gasteiger partial charge is 0.310 e. The number of tetrazole rings is 1. The molecule has 0 aliphatic heterocycles. The highest BCUT2D eigenvalue weighted by molar-refractivity contribution is 5.73. The van der Waals surface area contributed by atoms with Crippen molar-refractivity contribution in [2.24, 2.45) is 5.92 Å². The summed E-state index contributed by atoms with van der Waals surface area (Å²) in [6, 6.07) is 0.268. The lowest BCUT2D eigenvalue weighted by molar-refractivity contribution is -0.158. The van der Waals surface area contributed by atoms with E-state index in [2.05, 4.69) is 27.7 Å². The Labute approximate surface area is 131 Å². The average molecular weight is 307 g/mol. The molecule has 1 unspecified atom stereocenters. The first-order valence-electron chi connectivity index (χ1n) is 7.65. The van der Waals surface area contributed by atoms with Gasteiger partial charge in [0.2, 0.25) is 5.95 Å². The Kier molecular flexibility index (Phi) is 4.83. The predicted molar refractivity (Wildman–Crippen MR) is 83.5 cm³/mol. The van der Waals surface area contributed by atoms with Crippen LogP contribution in [-0.2, 0) is 9.53 Å². The number of nitrogens with zero attached hydrogens (tertiary/aromatic N) is 5. The summed E-state index contributed by atoms with van der Waals surface area (Å²) >= 11 is 0. The van der Waals surface area contributed by atoms with Gasteiger partial charge in [-0.15, -0.1) is 0 Å². The second kappa shape index (κ2) is 6.46. The van der Waals surface area contributed by atoms with Gasteiger partial charge in [-0.05, 0) is 44.0 Å². The van der Waals surface area contributed by atoms with Crippen molar-refractivity contribution in [3.05, 3.63) is 12.2 Å². The van der Waals surface area contributed by atoms with Crippen LogP contribution in [0.5, 0.6) is 0 Å². The van der Waals surface area contributed by atoms with E-state index in [1.54, 1.807) is 0 Å². The van der Waals surface area contributed by atoms with Crippen molar-refractivity contribution in [3.8, 4) is 0 Å². The lowest BCUT2D eigenvalue weighted by Gasteiger charge is -2.26. The largest absolute Gasteiger partial charge is 0.460 e. The maximum atomic E-state index is 12.1. The molecule has 1 heterocycles. The van der Waals surface area contributed by atoms with Gasteiger partial charge in [-0.25, -0.2) is 4.68 Å². The van der Waals surface area contributed by atoms with Gasteiger partial charge in [-0.2, -0.15) is 0 Å². The minimum atomic E-state index is -0.471. The zero-order valence-corrected chi connectivity index (χ0v) is 14.0. The van der Waals surface area contributed by atoms with E-state index >= 15 is 0 Å². The van der Waals surface area contributed by atoms with Crippen LogP contribution >= 0.6 is 0 Å². The van der Waals surface area contributed by atoms with Crippen LogP contribution in [0.2, 0.25) is 0 Å². The van der Waals surface area contributed by atoms with Gasteiger partial charge in [0, 0.05) is 13.6 Å². The van der Waals surface area contributed by atoms with Crippen molar-refractivity contribution >= 4 is 11.9 Å². The number of hydrogen-bond acceptors (Lipinski definition) is 6. The molecule has 1 aromatic rings. The van der Waals surface area contributed by atoms with Crippen LogP contribution in [0.25, 0.3) is 0 Å². The first kappa shape index (κ1) is 16.5. The molecule has 0 bridgehead atoms. The molecule has 122 valence electrons. The van der Waals surface area contributed by atoms with Gasteiger partial charge in [-0.3, -0.25) is 4.79 Å². The Morgan fingerprint density at radius 3 is 2.68 bits per heavy atom. The second-order valence-electron chi connectivity index (χ2n) is 6.84. The third-order valence-electron chi connectivity index (χ3n) is 3.50. The lowest BCUT2D eigenvalue weighted by Crippen LogP contribution is -2.35. The van der Waals surface area contributed by atoms with E-state index in [0.717, 1.165) is 12.8 Å². The topological polar surface area (TPSA) is 73.1 Å². The van der Waals surface area contributed by atoms with E-state index in [-0.39, 0.29) is 17.9 Å². The van der Waals surface area contributed by atoms with Crippen LogP contribution in [-0.4, -0.2) is 45.4 Å². The molecule has 0 saturated carbocycles. The van der Waals surface area contributed by atoms with E-state index in [1.807, 2.05) is 44.3 Å². The fraction of sp³-hybridized carbons (Fsp3) is 0.733. The number of allylic oxidation sites excluding steroid dienone is 2. The maximum Gasteiger partial charge on any atom is 0.310 e. The lowest BCUT2D eigenvalue weighted by atomic mass is 10.1. The van der Waals surface area contributed by atoms with E-state index in [1.165, 1.54) is 0 Å². The number of esters is 1. The standard InChI is InChI=1S/C15H25N5O2/c1-11(13(21)22-15(2,3)4)10-19(5)14-16-17-18-20(14)12-8-6-7-9-12/h6-7,11-12H,8-10H2,1-5H3. The van der Waals surface area contributed by atoms with Gasteiger partial charge < -0.3 is 9.64 Å². The first-order chi connectivity index (χ1) is 10.3. The van der Waals surface area contributed by atoms with Crippen LogP contribution in [0.4, 0.5) is 5.95 Å². The summed E-state index contributed by atoms with van der Waals surface area (Å²) in [4.78, 5) is 14.0. The van der Waals surface area contributed by atoms with Crippen LogP contribution in [0, 0.1) is 5.92 Å². The average Bonchev–Trinajstić information content (AvgIpc) is 3.07. The van der Waals surface area contributed by atoms with Crippen molar-refractivity contribution < 1.29 is 9.53 Å². The minimum absolute atomic E-state index is 0.207. The summed E-state index contributed by atoms with van der Waals surface area (Å²) < 4.78 is 7.25. The first-order valence-corrected chi connectivity index (χ1v) is 7.65. The molecular weight excluding hydrogens is 282 g/mol. The highest BCUT2D eigenvalue weighted by Gasteiger charge is 2.26. The Morgan fingerprint density at radius 2 is 2.09 bits per heavy atom. The van der Waals surface area contributed by atoms with Crippen molar-refractivity contribution in [1.82, 2.24) is 20.2 Å². The van der Waals surface area contributed by atoms with Gasteiger partial charge in [0.05, 0.1) is 12.0 Å². The van der Waals surface area contributed by atoms with Crippen LogP contribution in [0.1, 0.15) is 46.6 Å². The van der Waals surface area contributed by atoms with Crippen molar-refractivity contribution in [2.45, 2.75) is 52.2 Å². The van der Waals surface area contributed by atoms with Crippen LogP contribution in [0.15, 0.2) is 12.2 Å². The Hall–Kier alpha value is -1.92. The van der Waals surface area contributed by atoms with Crippen molar-refractivity contribution in [1.29, 1.82) is 0 Å². The zero-order chi connectivity index (χ0) is 16.3. The monoisotopic (exact) mass is 307 g/mol. The second-order valence-corrected chi connectivity index (χ2v) is 6.84. The predicted octanol–water partition coefficient (Wildman–Crippen LogP) is 1.98. The molecule has 0 radical (unpaired) electrons. The Morgan fingerprint density at radius 1 is 1.45 bits per heavy atom. The Balaban J connectivity index is 1.99. The van der Waals surface area contributed by atoms with E-state index in [4.69, 9.17) is 4.74 Å². The molecule has 1 aliphatic rings. The number of rotatable bonds is 5. The van der Waals surface area contributed by atoms with Gasteiger partial charge in [0.15, 0.2) is 0 Å². The van der Waals surface area contributed by atoms with Crippen molar-refractivity contribution in [3.63, 3.8) is 0 Å². The molecule has 7 nitrogen and oxygen atoms in total. The number of hydrogen-bond donors (Lipinski definition) is 0. The molecule has 7 heteroatoms. The molecule has 0 saturated heterocycles. The third-order valence-corrected chi connectivity index (χ3v) is 3.50. The maximum absolute atomic E-state index is 12.1. The summed E-state index contributed by atoms with van der Waals surface area (Å²) in [5.41, 5.74) is -0.471. The molecule has 1 atom stereocenters. The zero-order valence-electron chi connectivity index (χ0n) is 14.0. The molecule has 0 spiro atoms. The number of carbonyl (C=O) groups is 1. The third kappa shape index (κ3) is 4.05. The number of anilines is 1. The summed E-state index contributed by atoms with van der Waals surface area (Å²) in [5.74, 6) is 0.223. The van der Waals surface area contributed by atoms with Crippen LogP contribution in [0.3, 0.4) is 0 Å². The van der Waals surface area contributed by atoms with Crippen LogP contribution < -0.4 is 4.90 Å². The number of aromatic nitrogens is 4. The molecular formula is C15H25N5O2. The summed E-state index contributed by atoms with van der Waals surface area (Å²) in [7, 11) is 1.89. The quantitative estimate of drug-likeness (QED) is 0.612. The summed E-state index contributed by atoms with van der Waals surface area (Å²) in [6.07, 6.45) is 6.15. The summed E-state index contributed by atoms with van der Waals surface area (Å²) in [6.45, 7) is 7.98. The fourth-order valence-corrected chi connectivity index (χ4v) is 2.45. The molecule has 0 amide bonds. The molecule has 2 rings (SSSR count). The molecule has 1 aromatic heterocycles. The molecule has 0 aromatic carbocycles. The van der Waals surface area contributed by atoms with Crippen molar-refractivity contribution in [2.75, 3.05) is 18.5 Å². The van der Waals surface area contributed by atoms with Gasteiger partial charge >= 0.3 is 5.97 Å². The van der Waals surface area contributed by atoms with E-state index in [9.17, 15) is 4.79 Å². The highest BCUT2D eigenvalue weighted by atomic mass is 16.6. The number of carbonyl (C=O) groups excluding carboxylic acids is 1. The van der Waals surface area contributed by atoms with Gasteiger partial charge in [0.1, 0.15) is 5.60 Å². The molecule has 1 aliphatic carbocycles. The van der Waals surface area contributed by atoms with E-state index < -0.39 is 5.60 Å². The normalized spacial score (nSPS) is 16.8. The minimum Gasteiger partial charge on any atom is -0.460 e. The highest BCUT2D eigenvalue weighted by Crippen LogP contribution is 2.26. The summed E-state index contributed by atoms with van der Waals surface area (Å²) in [5, 5.41) is 12.0. The van der Waals surface area contributed by atoms with E-state index in [0.29, 0.717) is 12.5 Å². The number of ether oxygens (including phenoxy) is 1. The molecule has 0 N–H and O–H groups in total. The van der Waals surface area contributed by atoms with Gasteiger partial charge in [0.25, 0.3) is 0 Å². The molecule has 0 fully saturated rings. The fourth-order valence-electron chi connectivity index (χ4n) is 2.45. The Bertz CT molecular complexity index is 538. The van der Waals surface area contributed by atoms with Gasteiger partial charge in [-0.1, -0.05) is 24.2 Å². The molecule has 22 heavy (non-hydrogen) atoms.